The van der Waals surface area contributed by atoms with Gasteiger partial charge < -0.3 is 10.6 Å². The SMILES string of the molecule is Cc1ccc(NC(=O)CN(C)CC(=O)Nc2ccnn2C2CCCC2)cc1. The van der Waals surface area contributed by atoms with Crippen molar-refractivity contribution in [1.29, 1.82) is 0 Å². The van der Waals surface area contributed by atoms with E-state index in [0.717, 1.165) is 29.9 Å². The standard InChI is InChI=1S/C20H27N5O2/c1-15-7-9-16(10-8-15)22-19(26)13-24(2)14-20(27)23-18-11-12-21-25(18)17-5-3-4-6-17/h7-12,17H,3-6,13-14H2,1-2H3,(H,22,26)(H,23,27). The van der Waals surface area contributed by atoms with E-state index in [2.05, 4.69) is 15.7 Å². The number of benzene rings is 1. The van der Waals surface area contributed by atoms with E-state index in [1.807, 2.05) is 41.9 Å². The van der Waals surface area contributed by atoms with Crippen LogP contribution >= 0.6 is 0 Å². The highest BCUT2D eigenvalue weighted by Crippen LogP contribution is 2.31. The maximum absolute atomic E-state index is 12.3. The summed E-state index contributed by atoms with van der Waals surface area (Å²) < 4.78 is 1.91. The number of hydrogen-bond donors (Lipinski definition) is 2. The number of nitrogens with zero attached hydrogens (tertiary/aromatic N) is 3. The summed E-state index contributed by atoms with van der Waals surface area (Å²) in [6.07, 6.45) is 6.33. The number of aromatic nitrogens is 2. The van der Waals surface area contributed by atoms with Gasteiger partial charge in [0.05, 0.1) is 25.3 Å². The van der Waals surface area contributed by atoms with Gasteiger partial charge in [-0.25, -0.2) is 4.68 Å². The van der Waals surface area contributed by atoms with Gasteiger partial charge in [-0.2, -0.15) is 5.10 Å². The van der Waals surface area contributed by atoms with Crippen LogP contribution in [0, 0.1) is 6.92 Å². The van der Waals surface area contributed by atoms with Crippen molar-refractivity contribution in [2.45, 2.75) is 38.6 Å². The van der Waals surface area contributed by atoms with E-state index >= 15 is 0 Å². The van der Waals surface area contributed by atoms with Gasteiger partial charge in [-0.05, 0) is 38.9 Å². The van der Waals surface area contributed by atoms with Crippen molar-refractivity contribution in [1.82, 2.24) is 14.7 Å². The third-order valence-electron chi connectivity index (χ3n) is 4.77. The predicted octanol–water partition coefficient (Wildman–Crippen LogP) is 2.82. The molecule has 1 aromatic carbocycles. The molecule has 1 aliphatic rings. The Balaban J connectivity index is 1.47. The largest absolute Gasteiger partial charge is 0.325 e. The first-order chi connectivity index (χ1) is 13.0. The molecule has 2 amide bonds. The van der Waals surface area contributed by atoms with Gasteiger partial charge in [0.2, 0.25) is 11.8 Å². The second kappa shape index (κ2) is 8.81. The first kappa shape index (κ1) is 19.1. The van der Waals surface area contributed by atoms with E-state index in [9.17, 15) is 9.59 Å². The average Bonchev–Trinajstić information content (AvgIpc) is 3.27. The van der Waals surface area contributed by atoms with Gasteiger partial charge in [0, 0.05) is 11.8 Å². The quantitative estimate of drug-likeness (QED) is 0.787. The maximum atomic E-state index is 12.3. The highest BCUT2D eigenvalue weighted by Gasteiger charge is 2.21. The molecular formula is C20H27N5O2. The smallest absolute Gasteiger partial charge is 0.239 e. The Morgan fingerprint density at radius 3 is 2.37 bits per heavy atom. The zero-order valence-electron chi connectivity index (χ0n) is 15.9. The Kier molecular flexibility index (Phi) is 6.24. The van der Waals surface area contributed by atoms with Gasteiger partial charge in [0.25, 0.3) is 0 Å². The number of nitrogens with one attached hydrogen (secondary N) is 2. The molecule has 2 N–H and O–H groups in total. The van der Waals surface area contributed by atoms with Crippen LogP contribution in [0.1, 0.15) is 37.3 Å². The van der Waals surface area contributed by atoms with Crippen LogP contribution in [0.5, 0.6) is 0 Å². The van der Waals surface area contributed by atoms with Gasteiger partial charge >= 0.3 is 0 Å². The molecule has 0 atom stereocenters. The molecule has 0 bridgehead atoms. The number of rotatable bonds is 7. The Bertz CT molecular complexity index is 778. The number of anilines is 2. The first-order valence-corrected chi connectivity index (χ1v) is 9.39. The summed E-state index contributed by atoms with van der Waals surface area (Å²) in [5, 5.41) is 10.1. The number of aryl methyl sites for hydroxylation is 1. The Hall–Kier alpha value is -2.67. The normalized spacial score (nSPS) is 14.5. The van der Waals surface area contributed by atoms with Crippen LogP contribution < -0.4 is 10.6 Å². The van der Waals surface area contributed by atoms with Gasteiger partial charge in [-0.15, -0.1) is 0 Å². The summed E-state index contributed by atoms with van der Waals surface area (Å²) in [5.74, 6) is 0.426. The van der Waals surface area contributed by atoms with E-state index < -0.39 is 0 Å². The summed E-state index contributed by atoms with van der Waals surface area (Å²) in [4.78, 5) is 26.2. The fraction of sp³-hybridized carbons (Fsp3) is 0.450. The Morgan fingerprint density at radius 2 is 1.70 bits per heavy atom. The molecule has 0 saturated heterocycles. The zero-order valence-corrected chi connectivity index (χ0v) is 15.9. The molecule has 3 rings (SSSR count). The fourth-order valence-corrected chi connectivity index (χ4v) is 3.42. The molecule has 144 valence electrons. The summed E-state index contributed by atoms with van der Waals surface area (Å²) in [5.41, 5.74) is 1.89. The maximum Gasteiger partial charge on any atom is 0.239 e. The van der Waals surface area contributed by atoms with Crippen LogP contribution in [0.3, 0.4) is 0 Å². The molecule has 7 nitrogen and oxygen atoms in total. The van der Waals surface area contributed by atoms with Crippen molar-refractivity contribution >= 4 is 23.3 Å². The second-order valence-corrected chi connectivity index (χ2v) is 7.23. The van der Waals surface area contributed by atoms with E-state index in [0.29, 0.717) is 6.04 Å². The lowest BCUT2D eigenvalue weighted by Crippen LogP contribution is -2.36. The minimum Gasteiger partial charge on any atom is -0.325 e. The van der Waals surface area contributed by atoms with Crippen LogP contribution in [-0.4, -0.2) is 46.6 Å². The van der Waals surface area contributed by atoms with E-state index in [1.165, 1.54) is 12.8 Å². The molecule has 1 heterocycles. The lowest BCUT2D eigenvalue weighted by molar-refractivity contribution is -0.119. The summed E-state index contributed by atoms with van der Waals surface area (Å²) in [6.45, 7) is 2.27. The molecule has 1 fully saturated rings. The molecular weight excluding hydrogens is 342 g/mol. The zero-order chi connectivity index (χ0) is 19.2. The van der Waals surface area contributed by atoms with Crippen LogP contribution in [0.15, 0.2) is 36.5 Å². The second-order valence-electron chi connectivity index (χ2n) is 7.23. The topological polar surface area (TPSA) is 79.3 Å². The molecule has 7 heteroatoms. The van der Waals surface area contributed by atoms with Gasteiger partial charge in [0.1, 0.15) is 5.82 Å². The van der Waals surface area contributed by atoms with Crippen LogP contribution in [-0.2, 0) is 9.59 Å². The molecule has 2 aromatic rings. The number of carbonyl (C=O) groups is 2. The third-order valence-corrected chi connectivity index (χ3v) is 4.77. The Labute approximate surface area is 159 Å². The lowest BCUT2D eigenvalue weighted by atomic mass is 10.2. The summed E-state index contributed by atoms with van der Waals surface area (Å²) in [7, 11) is 1.75. The molecule has 1 aromatic heterocycles. The number of hydrogen-bond acceptors (Lipinski definition) is 4. The lowest BCUT2D eigenvalue weighted by Gasteiger charge is -2.18. The van der Waals surface area contributed by atoms with Gasteiger partial charge in [-0.3, -0.25) is 14.5 Å². The minimum absolute atomic E-state index is 0.136. The van der Waals surface area contributed by atoms with Crippen LogP contribution in [0.2, 0.25) is 0 Å². The first-order valence-electron chi connectivity index (χ1n) is 9.39. The molecule has 0 radical (unpaired) electrons. The molecule has 0 spiro atoms. The van der Waals surface area contributed by atoms with Crippen molar-refractivity contribution in [2.75, 3.05) is 30.8 Å². The van der Waals surface area contributed by atoms with Crippen molar-refractivity contribution < 1.29 is 9.59 Å². The van der Waals surface area contributed by atoms with Crippen molar-refractivity contribution in [3.8, 4) is 0 Å². The van der Waals surface area contributed by atoms with E-state index in [1.54, 1.807) is 18.1 Å². The average molecular weight is 369 g/mol. The molecule has 27 heavy (non-hydrogen) atoms. The fourth-order valence-electron chi connectivity index (χ4n) is 3.42. The Morgan fingerprint density at radius 1 is 1.07 bits per heavy atom. The minimum atomic E-state index is -0.152. The van der Waals surface area contributed by atoms with Crippen LogP contribution in [0.25, 0.3) is 0 Å². The van der Waals surface area contributed by atoms with Crippen molar-refractivity contribution in [3.05, 3.63) is 42.1 Å². The monoisotopic (exact) mass is 369 g/mol. The van der Waals surface area contributed by atoms with Gasteiger partial charge in [0.15, 0.2) is 0 Å². The molecule has 1 aliphatic carbocycles. The van der Waals surface area contributed by atoms with E-state index in [4.69, 9.17) is 0 Å². The highest BCUT2D eigenvalue weighted by molar-refractivity contribution is 5.94. The predicted molar refractivity (Wildman–Crippen MR) is 106 cm³/mol. The molecule has 0 unspecified atom stereocenters. The van der Waals surface area contributed by atoms with E-state index in [-0.39, 0.29) is 24.9 Å². The molecule has 1 saturated carbocycles. The summed E-state index contributed by atoms with van der Waals surface area (Å²) in [6, 6.07) is 9.81. The third kappa shape index (κ3) is 5.40. The number of amides is 2. The number of likely N-dealkylation sites (N-methyl/N-ethyl adjacent to an activating group) is 1. The highest BCUT2D eigenvalue weighted by atomic mass is 16.2. The van der Waals surface area contributed by atoms with Gasteiger partial charge in [-0.1, -0.05) is 30.5 Å². The van der Waals surface area contributed by atoms with Crippen LogP contribution in [0.4, 0.5) is 11.5 Å². The van der Waals surface area contributed by atoms with Crippen molar-refractivity contribution in [3.63, 3.8) is 0 Å². The summed E-state index contributed by atoms with van der Waals surface area (Å²) >= 11 is 0. The van der Waals surface area contributed by atoms with Crippen molar-refractivity contribution in [2.24, 2.45) is 0 Å². The number of carbonyl (C=O) groups excluding carboxylic acids is 2. The molecule has 0 aliphatic heterocycles.